The molecule has 1 aliphatic rings. The number of unbranched alkanes of at least 4 members (excludes halogenated alkanes) is 27. The van der Waals surface area contributed by atoms with Crippen molar-refractivity contribution in [3.63, 3.8) is 0 Å². The monoisotopic (exact) mass is 1020 g/mol. The van der Waals surface area contributed by atoms with E-state index < -0.39 is 17.8 Å². The van der Waals surface area contributed by atoms with Crippen LogP contribution in [0.5, 0.6) is 23.0 Å². The molecule has 0 aliphatic carbocycles. The number of carbonyl (C=O) groups is 3. The molecule has 4 amide bonds. The molecule has 10 heteroatoms. The van der Waals surface area contributed by atoms with Gasteiger partial charge < -0.3 is 23.7 Å². The summed E-state index contributed by atoms with van der Waals surface area (Å²) in [5, 5.41) is 5.98. The number of barbiturate groups is 1. The van der Waals surface area contributed by atoms with E-state index >= 15 is 0 Å². The molecule has 0 atom stereocenters. The van der Waals surface area contributed by atoms with Crippen LogP contribution in [0, 0.1) is 23.7 Å². The fourth-order valence-electron chi connectivity index (χ4n) is 9.07. The predicted molar refractivity (Wildman–Crippen MR) is 303 cm³/mol. The number of imide groups is 2. The first-order chi connectivity index (χ1) is 36.4. The van der Waals surface area contributed by atoms with Crippen LogP contribution in [0.3, 0.4) is 0 Å². The Balaban J connectivity index is 1.32. The average molecular weight is 1020 g/mol. The van der Waals surface area contributed by atoms with Crippen LogP contribution in [0.2, 0.25) is 0 Å². The summed E-state index contributed by atoms with van der Waals surface area (Å²) in [6, 6.07) is 14.4. The van der Waals surface area contributed by atoms with Crippen molar-refractivity contribution in [1.29, 1.82) is 0 Å². The standard InChI is InChI=1S/C64H92N2O8/c1-4-7-10-13-16-19-22-25-28-35-44-72-59-49-54(50-60(73-45-36-29-26-23-20-17-14-11-8-5-2)61(59)74-46-37-30-27-24-21-18-15-12-9-6-3)52-70-42-33-31-32-34-43-71-57-41-40-55-47-53(38-39-56(55)51-57)48-58-62(67)65-64(69)66-63(58)68/h38-41,47-51H,4-30,35-37,42-46,52H2,1-3H3,(H2,65,66,67,68,69). The summed E-state index contributed by atoms with van der Waals surface area (Å²) in [5.74, 6) is 13.1. The van der Waals surface area contributed by atoms with Gasteiger partial charge in [0.25, 0.3) is 11.8 Å². The molecule has 0 saturated carbocycles. The second-order valence-electron chi connectivity index (χ2n) is 20.0. The molecule has 0 bridgehead atoms. The molecular weight excluding hydrogens is 925 g/mol. The SMILES string of the molecule is CCCCCCCCCCCCOc1cc(COCC#CC#CCOc2ccc3cc(C=C4C(=O)NC(=O)NC4=O)ccc3c2)cc(OCCCCCCCCCCCC)c1OCCCCCCCCCCCC. The van der Waals surface area contributed by atoms with Gasteiger partial charge in [0, 0.05) is 0 Å². The van der Waals surface area contributed by atoms with Gasteiger partial charge in [0.05, 0.1) is 26.4 Å². The maximum absolute atomic E-state index is 12.1. The molecule has 10 nitrogen and oxygen atoms in total. The maximum Gasteiger partial charge on any atom is 0.328 e. The van der Waals surface area contributed by atoms with Crippen molar-refractivity contribution in [2.24, 2.45) is 0 Å². The molecule has 3 aromatic rings. The molecular formula is C64H92N2O8. The number of fused-ring (bicyclic) bond motifs is 1. The van der Waals surface area contributed by atoms with E-state index in [1.165, 1.54) is 160 Å². The van der Waals surface area contributed by atoms with Crippen molar-refractivity contribution in [2.45, 2.75) is 220 Å². The average Bonchev–Trinajstić information content (AvgIpc) is 3.39. The van der Waals surface area contributed by atoms with Gasteiger partial charge in [-0.1, -0.05) is 218 Å². The van der Waals surface area contributed by atoms with E-state index in [0.717, 1.165) is 72.1 Å². The van der Waals surface area contributed by atoms with Gasteiger partial charge in [-0.2, -0.15) is 0 Å². The Morgan fingerprint density at radius 2 is 0.865 bits per heavy atom. The molecule has 4 rings (SSSR count). The third kappa shape index (κ3) is 26.7. The van der Waals surface area contributed by atoms with Crippen LogP contribution in [0.1, 0.15) is 225 Å². The van der Waals surface area contributed by atoms with Crippen LogP contribution in [-0.2, 0) is 20.9 Å². The number of hydrogen-bond acceptors (Lipinski definition) is 8. The van der Waals surface area contributed by atoms with E-state index in [1.54, 1.807) is 6.07 Å². The Hall–Kier alpha value is -5.45. The summed E-state index contributed by atoms with van der Waals surface area (Å²) >= 11 is 0. The number of nitrogens with one attached hydrogen (secondary N) is 2. The molecule has 1 saturated heterocycles. The fourth-order valence-corrected chi connectivity index (χ4v) is 9.07. The highest BCUT2D eigenvalue weighted by Crippen LogP contribution is 2.40. The highest BCUT2D eigenvalue weighted by molar-refractivity contribution is 6.31. The predicted octanol–water partition coefficient (Wildman–Crippen LogP) is 16.1. The highest BCUT2D eigenvalue weighted by Gasteiger charge is 2.27. The number of carbonyl (C=O) groups excluding carboxylic acids is 3. The van der Waals surface area contributed by atoms with Crippen molar-refractivity contribution in [1.82, 2.24) is 10.6 Å². The van der Waals surface area contributed by atoms with Gasteiger partial charge in [-0.25, -0.2) is 4.79 Å². The van der Waals surface area contributed by atoms with Gasteiger partial charge in [0.15, 0.2) is 11.5 Å². The first-order valence-corrected chi connectivity index (χ1v) is 29.1. The Labute approximate surface area is 446 Å². The number of ether oxygens (including phenoxy) is 5. The van der Waals surface area contributed by atoms with E-state index in [1.807, 2.05) is 30.3 Å². The molecule has 1 heterocycles. The summed E-state index contributed by atoms with van der Waals surface area (Å²) < 4.78 is 31.7. The molecule has 1 aliphatic heterocycles. The van der Waals surface area contributed by atoms with Gasteiger partial charge in [-0.15, -0.1) is 0 Å². The Morgan fingerprint density at radius 1 is 0.446 bits per heavy atom. The van der Waals surface area contributed by atoms with Gasteiger partial charge in [0.1, 0.15) is 24.5 Å². The quantitative estimate of drug-likeness (QED) is 0.0249. The van der Waals surface area contributed by atoms with Crippen molar-refractivity contribution in [3.8, 4) is 46.7 Å². The van der Waals surface area contributed by atoms with E-state index in [2.05, 4.69) is 67.2 Å². The summed E-state index contributed by atoms with van der Waals surface area (Å²) in [7, 11) is 0. The van der Waals surface area contributed by atoms with Gasteiger partial charge >= 0.3 is 6.03 Å². The zero-order chi connectivity index (χ0) is 52.5. The Bertz CT molecular complexity index is 2160. The van der Waals surface area contributed by atoms with E-state index in [4.69, 9.17) is 23.7 Å². The zero-order valence-corrected chi connectivity index (χ0v) is 45.9. The number of benzene rings is 3. The zero-order valence-electron chi connectivity index (χ0n) is 45.9. The second-order valence-corrected chi connectivity index (χ2v) is 20.0. The third-order valence-corrected chi connectivity index (χ3v) is 13.4. The number of hydrogen-bond donors (Lipinski definition) is 2. The number of rotatable bonds is 42. The molecule has 0 aromatic heterocycles. The topological polar surface area (TPSA) is 121 Å². The first-order valence-electron chi connectivity index (χ1n) is 29.1. The van der Waals surface area contributed by atoms with Crippen LogP contribution in [0.4, 0.5) is 4.79 Å². The molecule has 3 aromatic carbocycles. The van der Waals surface area contributed by atoms with Gasteiger partial charge in [-0.05, 0) is 95.3 Å². The summed E-state index contributed by atoms with van der Waals surface area (Å²) in [5.41, 5.74) is 1.47. The molecule has 2 N–H and O–H groups in total. The minimum atomic E-state index is -0.828. The molecule has 0 unspecified atom stereocenters. The third-order valence-electron chi connectivity index (χ3n) is 13.4. The van der Waals surface area contributed by atoms with Crippen molar-refractivity contribution < 1.29 is 38.1 Å². The largest absolute Gasteiger partial charge is 0.490 e. The maximum atomic E-state index is 12.1. The van der Waals surface area contributed by atoms with E-state index in [-0.39, 0.29) is 18.8 Å². The Kier molecular flexibility index (Phi) is 33.0. The van der Waals surface area contributed by atoms with E-state index in [0.29, 0.717) is 37.7 Å². The minimum Gasteiger partial charge on any atom is -0.490 e. The summed E-state index contributed by atoms with van der Waals surface area (Å²) in [6.07, 6.45) is 39.7. The smallest absolute Gasteiger partial charge is 0.328 e. The highest BCUT2D eigenvalue weighted by atomic mass is 16.5. The van der Waals surface area contributed by atoms with Crippen LogP contribution in [-0.4, -0.2) is 50.9 Å². The molecule has 0 spiro atoms. The van der Waals surface area contributed by atoms with Crippen molar-refractivity contribution in [3.05, 3.63) is 65.2 Å². The van der Waals surface area contributed by atoms with Crippen LogP contribution in [0.15, 0.2) is 54.1 Å². The normalized spacial score (nSPS) is 12.1. The molecule has 74 heavy (non-hydrogen) atoms. The molecule has 0 radical (unpaired) electrons. The molecule has 406 valence electrons. The van der Waals surface area contributed by atoms with Crippen LogP contribution in [0.25, 0.3) is 16.8 Å². The fraction of sp³-hybridized carbons (Fsp3) is 0.609. The Morgan fingerprint density at radius 3 is 1.35 bits per heavy atom. The lowest BCUT2D eigenvalue weighted by Gasteiger charge is -2.19. The van der Waals surface area contributed by atoms with Crippen molar-refractivity contribution in [2.75, 3.05) is 33.0 Å². The van der Waals surface area contributed by atoms with Gasteiger partial charge in [0.2, 0.25) is 5.75 Å². The lowest BCUT2D eigenvalue weighted by molar-refractivity contribution is -0.123. The lowest BCUT2D eigenvalue weighted by atomic mass is 10.0. The lowest BCUT2D eigenvalue weighted by Crippen LogP contribution is -2.51. The van der Waals surface area contributed by atoms with Crippen LogP contribution >= 0.6 is 0 Å². The number of urea groups is 1. The summed E-state index contributed by atoms with van der Waals surface area (Å²) in [4.78, 5) is 35.7. The summed E-state index contributed by atoms with van der Waals surface area (Å²) in [6.45, 7) is 9.45. The first kappa shape index (κ1) is 61.1. The van der Waals surface area contributed by atoms with E-state index in [9.17, 15) is 14.4 Å². The second kappa shape index (κ2) is 39.9. The van der Waals surface area contributed by atoms with Gasteiger partial charge in [-0.3, -0.25) is 20.2 Å². The minimum absolute atomic E-state index is 0.134. The molecule has 1 fully saturated rings. The number of amides is 4. The van der Waals surface area contributed by atoms with Crippen molar-refractivity contribution >= 4 is 34.7 Å². The van der Waals surface area contributed by atoms with Crippen LogP contribution < -0.4 is 29.6 Å².